The number of halogens is 3. The first-order chi connectivity index (χ1) is 9.58. The maximum absolute atomic E-state index is 6.15. The molecule has 1 N–H and O–H groups in total. The van der Waals surface area contributed by atoms with Crippen LogP contribution in [0.15, 0.2) is 34.8 Å². The highest BCUT2D eigenvalue weighted by atomic mass is 79.9. The molecule has 6 heteroatoms. The fourth-order valence-electron chi connectivity index (χ4n) is 1.99. The van der Waals surface area contributed by atoms with Crippen LogP contribution in [0.1, 0.15) is 0 Å². The van der Waals surface area contributed by atoms with Gasteiger partial charge in [0.2, 0.25) is 0 Å². The Labute approximate surface area is 134 Å². The molecule has 0 spiro atoms. The summed E-state index contributed by atoms with van der Waals surface area (Å²) in [7, 11) is 1.63. The third-order valence-corrected chi connectivity index (χ3v) is 4.06. The van der Waals surface area contributed by atoms with Gasteiger partial charge in [0.1, 0.15) is 17.1 Å². The molecule has 0 radical (unpaired) electrons. The fraction of sp³-hybridized carbons (Fsp3) is 0.0714. The first-order valence-electron chi connectivity index (χ1n) is 5.77. The summed E-state index contributed by atoms with van der Waals surface area (Å²) in [6, 6.07) is 9.22. The van der Waals surface area contributed by atoms with Crippen molar-refractivity contribution in [3.05, 3.63) is 44.8 Å². The molecule has 3 nitrogen and oxygen atoms in total. The van der Waals surface area contributed by atoms with Crippen molar-refractivity contribution in [3.63, 3.8) is 0 Å². The van der Waals surface area contributed by atoms with Gasteiger partial charge in [-0.15, -0.1) is 0 Å². The molecular formula is C14H9BrCl2N2O. The van der Waals surface area contributed by atoms with Gasteiger partial charge in [-0.2, -0.15) is 0 Å². The van der Waals surface area contributed by atoms with Crippen molar-refractivity contribution in [3.8, 4) is 17.1 Å². The van der Waals surface area contributed by atoms with Gasteiger partial charge >= 0.3 is 0 Å². The smallest absolute Gasteiger partial charge is 0.138 e. The van der Waals surface area contributed by atoms with Crippen molar-refractivity contribution < 1.29 is 4.74 Å². The summed E-state index contributed by atoms with van der Waals surface area (Å²) in [5, 5.41) is 1.11. The largest absolute Gasteiger partial charge is 0.496 e. The summed E-state index contributed by atoms with van der Waals surface area (Å²) >= 11 is 15.6. The molecule has 0 saturated heterocycles. The van der Waals surface area contributed by atoms with Crippen molar-refractivity contribution in [2.45, 2.75) is 0 Å². The number of aromatic amines is 1. The molecule has 0 aliphatic rings. The quantitative estimate of drug-likeness (QED) is 0.662. The number of imidazole rings is 1. The second kappa shape index (κ2) is 5.28. The Morgan fingerprint density at radius 2 is 2.00 bits per heavy atom. The van der Waals surface area contributed by atoms with Crippen molar-refractivity contribution in [2.24, 2.45) is 0 Å². The predicted octanol–water partition coefficient (Wildman–Crippen LogP) is 5.31. The number of fused-ring (bicyclic) bond motifs is 1. The zero-order valence-electron chi connectivity index (χ0n) is 10.4. The minimum absolute atomic E-state index is 0.530. The van der Waals surface area contributed by atoms with E-state index in [1.807, 2.05) is 18.2 Å². The first kappa shape index (κ1) is 13.7. The van der Waals surface area contributed by atoms with Crippen molar-refractivity contribution in [1.82, 2.24) is 9.97 Å². The number of rotatable bonds is 2. The molecule has 1 heterocycles. The third-order valence-electron chi connectivity index (χ3n) is 2.93. The van der Waals surface area contributed by atoms with Crippen LogP contribution in [0.5, 0.6) is 5.75 Å². The summed E-state index contributed by atoms with van der Waals surface area (Å²) in [6.45, 7) is 0. The van der Waals surface area contributed by atoms with E-state index in [9.17, 15) is 0 Å². The summed E-state index contributed by atoms with van der Waals surface area (Å²) < 4.78 is 6.08. The monoisotopic (exact) mass is 370 g/mol. The van der Waals surface area contributed by atoms with Crippen molar-refractivity contribution in [2.75, 3.05) is 7.11 Å². The van der Waals surface area contributed by atoms with E-state index in [1.165, 1.54) is 0 Å². The van der Waals surface area contributed by atoms with Crippen molar-refractivity contribution >= 4 is 50.2 Å². The van der Waals surface area contributed by atoms with E-state index in [4.69, 9.17) is 27.9 Å². The number of benzene rings is 2. The van der Waals surface area contributed by atoms with E-state index < -0.39 is 0 Å². The zero-order valence-corrected chi connectivity index (χ0v) is 13.5. The summed E-state index contributed by atoms with van der Waals surface area (Å²) in [6.07, 6.45) is 0. The minimum Gasteiger partial charge on any atom is -0.496 e. The van der Waals surface area contributed by atoms with Crippen LogP contribution < -0.4 is 4.74 Å². The molecule has 3 rings (SSSR count). The molecule has 3 aromatic rings. The molecule has 0 atom stereocenters. The van der Waals surface area contributed by atoms with Crippen LogP contribution in [-0.2, 0) is 0 Å². The maximum atomic E-state index is 6.15. The maximum Gasteiger partial charge on any atom is 0.138 e. The molecule has 0 amide bonds. The molecule has 20 heavy (non-hydrogen) atoms. The lowest BCUT2D eigenvalue weighted by atomic mass is 10.2. The van der Waals surface area contributed by atoms with E-state index in [1.54, 1.807) is 19.2 Å². The van der Waals surface area contributed by atoms with E-state index in [-0.39, 0.29) is 0 Å². The average molecular weight is 372 g/mol. The van der Waals surface area contributed by atoms with Gasteiger partial charge in [0.15, 0.2) is 0 Å². The SMILES string of the molecule is COc1ccc(-c2nc3c(Cl)cc(Cl)cc3[nH]2)cc1Br. The highest BCUT2D eigenvalue weighted by molar-refractivity contribution is 9.10. The number of methoxy groups -OCH3 is 1. The molecule has 0 bridgehead atoms. The number of hydrogen-bond donors (Lipinski definition) is 1. The number of nitrogens with one attached hydrogen (secondary N) is 1. The van der Waals surface area contributed by atoms with Crippen LogP contribution in [0.25, 0.3) is 22.4 Å². The van der Waals surface area contributed by atoms with Gasteiger partial charge in [0.25, 0.3) is 0 Å². The second-order valence-electron chi connectivity index (χ2n) is 4.22. The summed E-state index contributed by atoms with van der Waals surface area (Å²) in [5.41, 5.74) is 2.45. The molecule has 0 aliphatic carbocycles. The molecule has 1 aromatic heterocycles. The standard InChI is InChI=1S/C14H9BrCl2N2O/c1-20-12-3-2-7(4-9(12)15)14-18-11-6-8(16)5-10(17)13(11)19-14/h2-6H,1H3,(H,18,19). The summed E-state index contributed by atoms with van der Waals surface area (Å²) in [4.78, 5) is 7.73. The zero-order chi connectivity index (χ0) is 14.3. The molecule has 102 valence electrons. The highest BCUT2D eigenvalue weighted by Crippen LogP contribution is 2.32. The van der Waals surface area contributed by atoms with Crippen LogP contribution in [-0.4, -0.2) is 17.1 Å². The summed E-state index contributed by atoms with van der Waals surface area (Å²) in [5.74, 6) is 1.50. The Hall–Kier alpha value is -1.23. The number of nitrogens with zero attached hydrogens (tertiary/aromatic N) is 1. The van der Waals surface area contributed by atoms with Crippen LogP contribution in [0.3, 0.4) is 0 Å². The van der Waals surface area contributed by atoms with E-state index in [0.29, 0.717) is 15.6 Å². The Morgan fingerprint density at radius 1 is 1.20 bits per heavy atom. The molecule has 0 aliphatic heterocycles. The normalized spacial score (nSPS) is 11.0. The Kier molecular flexibility index (Phi) is 3.63. The van der Waals surface area contributed by atoms with Gasteiger partial charge in [0, 0.05) is 10.6 Å². The number of H-pyrrole nitrogens is 1. The first-order valence-corrected chi connectivity index (χ1v) is 7.32. The van der Waals surface area contributed by atoms with E-state index in [2.05, 4.69) is 25.9 Å². The second-order valence-corrected chi connectivity index (χ2v) is 5.92. The predicted molar refractivity (Wildman–Crippen MR) is 85.8 cm³/mol. The molecule has 0 fully saturated rings. The van der Waals surface area contributed by atoms with Crippen LogP contribution in [0, 0.1) is 0 Å². The fourth-order valence-corrected chi connectivity index (χ4v) is 3.07. The Bertz CT molecular complexity index is 801. The van der Waals surface area contributed by atoms with Crippen molar-refractivity contribution in [1.29, 1.82) is 0 Å². The highest BCUT2D eigenvalue weighted by Gasteiger charge is 2.11. The lowest BCUT2D eigenvalue weighted by Crippen LogP contribution is -1.86. The van der Waals surface area contributed by atoms with Crippen LogP contribution in [0.2, 0.25) is 10.0 Å². The van der Waals surface area contributed by atoms with Gasteiger partial charge in [-0.1, -0.05) is 23.2 Å². The lowest BCUT2D eigenvalue weighted by molar-refractivity contribution is 0.412. The van der Waals surface area contributed by atoms with Gasteiger partial charge in [-0.3, -0.25) is 0 Å². The van der Waals surface area contributed by atoms with E-state index in [0.717, 1.165) is 27.1 Å². The Balaban J connectivity index is 2.15. The number of hydrogen-bond acceptors (Lipinski definition) is 2. The Morgan fingerprint density at radius 3 is 2.70 bits per heavy atom. The van der Waals surface area contributed by atoms with Gasteiger partial charge in [-0.25, -0.2) is 4.98 Å². The average Bonchev–Trinajstić information content (AvgIpc) is 2.82. The number of ether oxygens (including phenoxy) is 1. The molecule has 0 saturated carbocycles. The topological polar surface area (TPSA) is 37.9 Å². The van der Waals surface area contributed by atoms with Gasteiger partial charge < -0.3 is 9.72 Å². The van der Waals surface area contributed by atoms with Gasteiger partial charge in [-0.05, 0) is 46.3 Å². The third kappa shape index (κ3) is 2.39. The van der Waals surface area contributed by atoms with E-state index >= 15 is 0 Å². The van der Waals surface area contributed by atoms with Crippen LogP contribution >= 0.6 is 39.1 Å². The van der Waals surface area contributed by atoms with Crippen LogP contribution in [0.4, 0.5) is 0 Å². The molecular weight excluding hydrogens is 363 g/mol. The molecule has 0 unspecified atom stereocenters. The molecule has 2 aromatic carbocycles. The minimum atomic E-state index is 0.530. The number of aromatic nitrogens is 2. The lowest BCUT2D eigenvalue weighted by Gasteiger charge is -2.04. The van der Waals surface area contributed by atoms with Gasteiger partial charge in [0.05, 0.1) is 22.1 Å².